The Morgan fingerprint density at radius 2 is 2.15 bits per heavy atom. The van der Waals surface area contributed by atoms with Gasteiger partial charge in [-0.25, -0.2) is 4.98 Å². The SMILES string of the molecule is CCCn1cncc1CNc1ccc(N(C)C)c(Cl)c1. The summed E-state index contributed by atoms with van der Waals surface area (Å²) in [6.45, 7) is 3.91. The summed E-state index contributed by atoms with van der Waals surface area (Å²) < 4.78 is 2.17. The first-order valence-corrected chi connectivity index (χ1v) is 7.19. The van der Waals surface area contributed by atoms with E-state index in [0.29, 0.717) is 0 Å². The Morgan fingerprint density at radius 3 is 2.80 bits per heavy atom. The highest BCUT2D eigenvalue weighted by Gasteiger charge is 2.05. The van der Waals surface area contributed by atoms with Crippen LogP contribution in [0.15, 0.2) is 30.7 Å². The maximum absolute atomic E-state index is 6.27. The van der Waals surface area contributed by atoms with Gasteiger partial charge in [0.1, 0.15) is 0 Å². The lowest BCUT2D eigenvalue weighted by atomic mass is 10.2. The molecule has 2 aromatic rings. The van der Waals surface area contributed by atoms with Gasteiger partial charge in [-0.3, -0.25) is 0 Å². The van der Waals surface area contributed by atoms with Crippen LogP contribution < -0.4 is 10.2 Å². The molecule has 0 fully saturated rings. The molecule has 1 aromatic heterocycles. The molecule has 0 aliphatic rings. The molecule has 1 heterocycles. The number of aryl methyl sites for hydroxylation is 1. The molecular weight excluding hydrogens is 272 g/mol. The molecule has 1 aromatic carbocycles. The number of anilines is 2. The number of benzene rings is 1. The fraction of sp³-hybridized carbons (Fsp3) is 0.400. The summed E-state index contributed by atoms with van der Waals surface area (Å²) in [5.74, 6) is 0. The van der Waals surface area contributed by atoms with Crippen LogP contribution >= 0.6 is 11.6 Å². The second-order valence-corrected chi connectivity index (χ2v) is 5.40. The highest BCUT2D eigenvalue weighted by molar-refractivity contribution is 6.33. The number of hydrogen-bond donors (Lipinski definition) is 1. The zero-order valence-corrected chi connectivity index (χ0v) is 13.0. The van der Waals surface area contributed by atoms with Crippen molar-refractivity contribution in [1.82, 2.24) is 9.55 Å². The van der Waals surface area contributed by atoms with Gasteiger partial charge in [0.15, 0.2) is 0 Å². The zero-order valence-electron chi connectivity index (χ0n) is 12.2. The minimum absolute atomic E-state index is 0.748. The molecule has 0 unspecified atom stereocenters. The molecule has 0 aliphatic carbocycles. The largest absolute Gasteiger partial charge is 0.379 e. The standard InChI is InChI=1S/C15H21ClN4/c1-4-7-20-11-17-9-13(20)10-18-12-5-6-15(19(2)3)14(16)8-12/h5-6,8-9,11,18H,4,7,10H2,1-3H3. The number of rotatable bonds is 6. The van der Waals surface area contributed by atoms with Gasteiger partial charge in [-0.05, 0) is 24.6 Å². The summed E-state index contributed by atoms with van der Waals surface area (Å²) in [7, 11) is 3.97. The van der Waals surface area contributed by atoms with Crippen molar-refractivity contribution in [3.8, 4) is 0 Å². The van der Waals surface area contributed by atoms with Gasteiger partial charge in [-0.15, -0.1) is 0 Å². The molecule has 5 heteroatoms. The minimum Gasteiger partial charge on any atom is -0.379 e. The molecule has 20 heavy (non-hydrogen) atoms. The predicted molar refractivity (Wildman–Crippen MR) is 85.6 cm³/mol. The third-order valence-corrected chi connectivity index (χ3v) is 3.47. The van der Waals surface area contributed by atoms with Crippen molar-refractivity contribution in [3.63, 3.8) is 0 Å². The van der Waals surface area contributed by atoms with Crippen molar-refractivity contribution in [1.29, 1.82) is 0 Å². The van der Waals surface area contributed by atoms with Crippen LogP contribution in [0, 0.1) is 0 Å². The molecule has 0 radical (unpaired) electrons. The number of nitrogens with zero attached hydrogens (tertiary/aromatic N) is 3. The first-order valence-electron chi connectivity index (χ1n) is 6.81. The van der Waals surface area contributed by atoms with Crippen LogP contribution in [0.4, 0.5) is 11.4 Å². The van der Waals surface area contributed by atoms with Crippen LogP contribution in [0.5, 0.6) is 0 Å². The summed E-state index contributed by atoms with van der Waals surface area (Å²) in [6, 6.07) is 6.02. The van der Waals surface area contributed by atoms with Gasteiger partial charge < -0.3 is 14.8 Å². The average Bonchev–Trinajstić information content (AvgIpc) is 2.84. The van der Waals surface area contributed by atoms with Gasteiger partial charge in [-0.1, -0.05) is 18.5 Å². The number of aromatic nitrogens is 2. The summed E-state index contributed by atoms with van der Waals surface area (Å²) in [6.07, 6.45) is 4.88. The molecule has 0 spiro atoms. The third kappa shape index (κ3) is 3.45. The van der Waals surface area contributed by atoms with Crippen molar-refractivity contribution in [3.05, 3.63) is 41.4 Å². The van der Waals surface area contributed by atoms with Crippen LogP contribution in [0.2, 0.25) is 5.02 Å². The third-order valence-electron chi connectivity index (χ3n) is 3.17. The van der Waals surface area contributed by atoms with E-state index in [1.54, 1.807) is 0 Å². The van der Waals surface area contributed by atoms with Gasteiger partial charge in [0, 0.05) is 32.5 Å². The van der Waals surface area contributed by atoms with Crippen LogP contribution in [-0.2, 0) is 13.1 Å². The van der Waals surface area contributed by atoms with Crippen molar-refractivity contribution in [2.45, 2.75) is 26.4 Å². The summed E-state index contributed by atoms with van der Waals surface area (Å²) in [5.41, 5.74) is 3.22. The van der Waals surface area contributed by atoms with E-state index in [1.807, 2.05) is 49.7 Å². The van der Waals surface area contributed by atoms with Crippen LogP contribution in [0.1, 0.15) is 19.0 Å². The molecule has 2 rings (SSSR count). The minimum atomic E-state index is 0.748. The molecule has 4 nitrogen and oxygen atoms in total. The Bertz CT molecular complexity index is 563. The molecule has 0 amide bonds. The molecule has 0 aliphatic heterocycles. The monoisotopic (exact) mass is 292 g/mol. The van der Waals surface area contributed by atoms with E-state index in [0.717, 1.165) is 35.9 Å². The van der Waals surface area contributed by atoms with E-state index in [1.165, 1.54) is 5.69 Å². The molecule has 0 atom stereocenters. The lowest BCUT2D eigenvalue weighted by Gasteiger charge is -2.16. The van der Waals surface area contributed by atoms with Crippen molar-refractivity contribution >= 4 is 23.0 Å². The Morgan fingerprint density at radius 1 is 1.35 bits per heavy atom. The highest BCUT2D eigenvalue weighted by Crippen LogP contribution is 2.27. The van der Waals surface area contributed by atoms with E-state index >= 15 is 0 Å². The number of hydrogen-bond acceptors (Lipinski definition) is 3. The fourth-order valence-corrected chi connectivity index (χ4v) is 2.46. The Labute approximate surface area is 125 Å². The number of halogens is 1. The number of nitrogens with one attached hydrogen (secondary N) is 1. The van der Waals surface area contributed by atoms with Gasteiger partial charge in [-0.2, -0.15) is 0 Å². The molecule has 0 saturated carbocycles. The van der Waals surface area contributed by atoms with E-state index in [9.17, 15) is 0 Å². The van der Waals surface area contributed by atoms with Crippen LogP contribution in [-0.4, -0.2) is 23.6 Å². The first-order chi connectivity index (χ1) is 9.61. The lowest BCUT2D eigenvalue weighted by Crippen LogP contribution is -2.10. The van der Waals surface area contributed by atoms with Gasteiger partial charge in [0.05, 0.1) is 29.3 Å². The fourth-order valence-electron chi connectivity index (χ4n) is 2.11. The van der Waals surface area contributed by atoms with Gasteiger partial charge in [0.2, 0.25) is 0 Å². The van der Waals surface area contributed by atoms with Crippen LogP contribution in [0.25, 0.3) is 0 Å². The maximum atomic E-state index is 6.27. The predicted octanol–water partition coefficient (Wildman–Crippen LogP) is 3.62. The first kappa shape index (κ1) is 14.7. The molecule has 0 bridgehead atoms. The molecular formula is C15H21ClN4. The average molecular weight is 293 g/mol. The van der Waals surface area contributed by atoms with Gasteiger partial charge in [0.25, 0.3) is 0 Å². The highest BCUT2D eigenvalue weighted by atomic mass is 35.5. The Hall–Kier alpha value is -1.68. The molecule has 0 saturated heterocycles. The van der Waals surface area contributed by atoms with Crippen molar-refractivity contribution in [2.24, 2.45) is 0 Å². The van der Waals surface area contributed by atoms with E-state index < -0.39 is 0 Å². The molecule has 108 valence electrons. The van der Waals surface area contributed by atoms with E-state index in [2.05, 4.69) is 21.8 Å². The smallest absolute Gasteiger partial charge is 0.0948 e. The summed E-state index contributed by atoms with van der Waals surface area (Å²) in [5, 5.41) is 4.14. The molecule has 1 N–H and O–H groups in total. The number of imidazole rings is 1. The topological polar surface area (TPSA) is 33.1 Å². The maximum Gasteiger partial charge on any atom is 0.0948 e. The summed E-state index contributed by atoms with van der Waals surface area (Å²) in [4.78, 5) is 6.20. The van der Waals surface area contributed by atoms with Crippen molar-refractivity contribution in [2.75, 3.05) is 24.3 Å². The second kappa shape index (κ2) is 6.66. The van der Waals surface area contributed by atoms with Gasteiger partial charge >= 0.3 is 0 Å². The Kier molecular flexibility index (Phi) is 4.90. The Balaban J connectivity index is 2.04. The van der Waals surface area contributed by atoms with Crippen molar-refractivity contribution < 1.29 is 0 Å². The second-order valence-electron chi connectivity index (χ2n) is 4.99. The summed E-state index contributed by atoms with van der Waals surface area (Å²) >= 11 is 6.27. The normalized spacial score (nSPS) is 10.6. The zero-order chi connectivity index (χ0) is 14.5. The lowest BCUT2D eigenvalue weighted by molar-refractivity contribution is 0.651. The van der Waals surface area contributed by atoms with Crippen LogP contribution in [0.3, 0.4) is 0 Å². The van der Waals surface area contributed by atoms with E-state index in [-0.39, 0.29) is 0 Å². The van der Waals surface area contributed by atoms with E-state index in [4.69, 9.17) is 11.6 Å². The quantitative estimate of drug-likeness (QED) is 0.883.